The number of nitrogens with zero attached hydrogens (tertiary/aromatic N) is 4. The number of benzene rings is 1. The zero-order valence-corrected chi connectivity index (χ0v) is 10.0. The van der Waals surface area contributed by atoms with Gasteiger partial charge in [0.05, 0.1) is 11.7 Å². The van der Waals surface area contributed by atoms with Crippen molar-refractivity contribution in [1.82, 2.24) is 20.2 Å². The summed E-state index contributed by atoms with van der Waals surface area (Å²) < 4.78 is 26.4. The minimum absolute atomic E-state index is 0.650. The quantitative estimate of drug-likeness (QED) is 0.905. The fraction of sp³-hybridized carbons (Fsp3) is 0.364. The summed E-state index contributed by atoms with van der Waals surface area (Å²) in [4.78, 5) is 0. The molecular weight excluding hydrogens is 240 g/mol. The summed E-state index contributed by atoms with van der Waals surface area (Å²) in [5.41, 5.74) is 2.36. The van der Waals surface area contributed by atoms with E-state index in [2.05, 4.69) is 20.8 Å². The van der Waals surface area contributed by atoms with E-state index in [1.807, 2.05) is 6.92 Å². The van der Waals surface area contributed by atoms with Gasteiger partial charge in [0, 0.05) is 5.69 Å². The molecule has 0 radical (unpaired) electrons. The van der Waals surface area contributed by atoms with E-state index in [1.165, 1.54) is 17.9 Å². The third-order valence-corrected chi connectivity index (χ3v) is 2.56. The Bertz CT molecular complexity index is 512. The molecule has 1 aromatic heterocycles. The number of alkyl halides is 2. The fourth-order valence-corrected chi connectivity index (χ4v) is 1.60. The van der Waals surface area contributed by atoms with Crippen molar-refractivity contribution in [3.63, 3.8) is 0 Å². The van der Waals surface area contributed by atoms with Crippen molar-refractivity contribution in [3.8, 4) is 5.69 Å². The number of halogens is 2. The maximum Gasteiger partial charge on any atom is 0.258 e. The Hall–Kier alpha value is -2.05. The molecule has 2 aromatic rings. The highest BCUT2D eigenvalue weighted by molar-refractivity contribution is 5.53. The van der Waals surface area contributed by atoms with E-state index in [0.29, 0.717) is 5.69 Å². The molecule has 0 spiro atoms. The van der Waals surface area contributed by atoms with E-state index in [0.717, 1.165) is 11.3 Å². The van der Waals surface area contributed by atoms with E-state index < -0.39 is 12.5 Å². The average Bonchev–Trinajstić information content (AvgIpc) is 2.82. The van der Waals surface area contributed by atoms with Crippen molar-refractivity contribution in [2.45, 2.75) is 26.3 Å². The first-order chi connectivity index (χ1) is 8.58. The topological polar surface area (TPSA) is 55.6 Å². The van der Waals surface area contributed by atoms with E-state index in [1.54, 1.807) is 18.2 Å². The minimum atomic E-state index is -2.40. The number of hydrogen-bond donors (Lipinski definition) is 1. The lowest BCUT2D eigenvalue weighted by Gasteiger charge is -2.15. The Morgan fingerprint density at radius 2 is 2.11 bits per heavy atom. The smallest absolute Gasteiger partial charge is 0.258 e. The SMILES string of the molecule is Cc1cc(NC(C)C(F)F)ccc1-n1cnnn1. The molecule has 1 N–H and O–H groups in total. The van der Waals surface area contributed by atoms with Crippen molar-refractivity contribution in [2.75, 3.05) is 5.32 Å². The van der Waals surface area contributed by atoms with Gasteiger partial charge in [0.15, 0.2) is 0 Å². The molecule has 0 saturated carbocycles. The van der Waals surface area contributed by atoms with Gasteiger partial charge in [-0.25, -0.2) is 13.5 Å². The van der Waals surface area contributed by atoms with Crippen molar-refractivity contribution in [1.29, 1.82) is 0 Å². The van der Waals surface area contributed by atoms with Gasteiger partial charge >= 0.3 is 0 Å². The zero-order chi connectivity index (χ0) is 13.1. The first-order valence-electron chi connectivity index (χ1n) is 5.46. The molecule has 1 unspecified atom stereocenters. The molecular formula is C11H13F2N5. The van der Waals surface area contributed by atoms with Crippen molar-refractivity contribution >= 4 is 5.69 Å². The van der Waals surface area contributed by atoms with Gasteiger partial charge < -0.3 is 5.32 Å². The summed E-state index contributed by atoms with van der Waals surface area (Å²) >= 11 is 0. The summed E-state index contributed by atoms with van der Waals surface area (Å²) in [6.45, 7) is 3.31. The lowest BCUT2D eigenvalue weighted by molar-refractivity contribution is 0.131. The maximum atomic E-state index is 12.4. The molecule has 1 atom stereocenters. The van der Waals surface area contributed by atoms with Crippen molar-refractivity contribution in [3.05, 3.63) is 30.1 Å². The molecule has 0 amide bonds. The van der Waals surface area contributed by atoms with Crippen LogP contribution in [0, 0.1) is 6.92 Å². The number of anilines is 1. The maximum absolute atomic E-state index is 12.4. The Labute approximate surface area is 103 Å². The number of hydrogen-bond acceptors (Lipinski definition) is 4. The van der Waals surface area contributed by atoms with Gasteiger partial charge in [0.25, 0.3) is 6.43 Å². The third-order valence-electron chi connectivity index (χ3n) is 2.56. The number of aromatic nitrogens is 4. The molecule has 1 aromatic carbocycles. The normalized spacial score (nSPS) is 12.7. The summed E-state index contributed by atoms with van der Waals surface area (Å²) in [6.07, 6.45) is -0.915. The van der Waals surface area contributed by atoms with Crippen LogP contribution in [0.5, 0.6) is 0 Å². The highest BCUT2D eigenvalue weighted by Gasteiger charge is 2.14. The van der Waals surface area contributed by atoms with Crippen LogP contribution in [0.2, 0.25) is 0 Å². The number of tetrazole rings is 1. The van der Waals surface area contributed by atoms with Gasteiger partial charge in [-0.1, -0.05) is 0 Å². The lowest BCUT2D eigenvalue weighted by atomic mass is 10.1. The molecule has 0 aliphatic heterocycles. The predicted molar refractivity (Wildman–Crippen MR) is 63.0 cm³/mol. The lowest BCUT2D eigenvalue weighted by Crippen LogP contribution is -2.23. The summed E-state index contributed by atoms with van der Waals surface area (Å²) in [7, 11) is 0. The molecule has 0 bridgehead atoms. The standard InChI is InChI=1S/C11H13F2N5/c1-7-5-9(15-8(2)11(12)13)3-4-10(7)18-6-14-16-17-18/h3-6,8,11,15H,1-2H3. The molecule has 5 nitrogen and oxygen atoms in total. The van der Waals surface area contributed by atoms with Gasteiger partial charge in [0.1, 0.15) is 6.33 Å². The second-order valence-electron chi connectivity index (χ2n) is 4.02. The van der Waals surface area contributed by atoms with Crippen LogP contribution in [0.4, 0.5) is 14.5 Å². The second-order valence-corrected chi connectivity index (χ2v) is 4.02. The van der Waals surface area contributed by atoms with E-state index in [4.69, 9.17) is 0 Å². The Morgan fingerprint density at radius 3 is 2.67 bits per heavy atom. The van der Waals surface area contributed by atoms with Crippen LogP contribution in [0.3, 0.4) is 0 Å². The molecule has 0 aliphatic carbocycles. The van der Waals surface area contributed by atoms with Gasteiger partial charge in [-0.3, -0.25) is 0 Å². The van der Waals surface area contributed by atoms with Crippen LogP contribution in [0.25, 0.3) is 5.69 Å². The Morgan fingerprint density at radius 1 is 1.33 bits per heavy atom. The van der Waals surface area contributed by atoms with Crippen LogP contribution in [0.1, 0.15) is 12.5 Å². The Kier molecular flexibility index (Phi) is 3.50. The molecule has 7 heteroatoms. The van der Waals surface area contributed by atoms with E-state index in [9.17, 15) is 8.78 Å². The molecule has 96 valence electrons. The van der Waals surface area contributed by atoms with Gasteiger partial charge in [0.2, 0.25) is 0 Å². The van der Waals surface area contributed by atoms with Gasteiger partial charge in [-0.05, 0) is 48.0 Å². The first-order valence-corrected chi connectivity index (χ1v) is 5.46. The van der Waals surface area contributed by atoms with Crippen LogP contribution in [0.15, 0.2) is 24.5 Å². The van der Waals surface area contributed by atoms with Crippen LogP contribution >= 0.6 is 0 Å². The third kappa shape index (κ3) is 2.61. The van der Waals surface area contributed by atoms with Crippen LogP contribution in [-0.4, -0.2) is 32.7 Å². The summed E-state index contributed by atoms with van der Waals surface area (Å²) in [5.74, 6) is 0. The molecule has 1 heterocycles. The summed E-state index contributed by atoms with van der Waals surface area (Å²) in [5, 5.41) is 13.6. The predicted octanol–water partition coefficient (Wildman–Crippen LogP) is 2.04. The average molecular weight is 253 g/mol. The monoisotopic (exact) mass is 253 g/mol. The second kappa shape index (κ2) is 5.07. The largest absolute Gasteiger partial charge is 0.377 e. The number of aryl methyl sites for hydroxylation is 1. The summed E-state index contributed by atoms with van der Waals surface area (Å²) in [6, 6.07) is 4.41. The molecule has 18 heavy (non-hydrogen) atoms. The van der Waals surface area contributed by atoms with Gasteiger partial charge in [-0.15, -0.1) is 5.10 Å². The molecule has 2 rings (SSSR count). The number of rotatable bonds is 4. The molecule has 0 saturated heterocycles. The Balaban J connectivity index is 2.20. The number of nitrogens with one attached hydrogen (secondary N) is 1. The fourth-order valence-electron chi connectivity index (χ4n) is 1.60. The van der Waals surface area contributed by atoms with Crippen LogP contribution < -0.4 is 5.32 Å². The zero-order valence-electron chi connectivity index (χ0n) is 10.0. The van der Waals surface area contributed by atoms with Crippen molar-refractivity contribution < 1.29 is 8.78 Å². The highest BCUT2D eigenvalue weighted by Crippen LogP contribution is 2.19. The van der Waals surface area contributed by atoms with E-state index >= 15 is 0 Å². The van der Waals surface area contributed by atoms with E-state index in [-0.39, 0.29) is 0 Å². The van der Waals surface area contributed by atoms with Crippen molar-refractivity contribution in [2.24, 2.45) is 0 Å². The van der Waals surface area contributed by atoms with Crippen LogP contribution in [-0.2, 0) is 0 Å². The highest BCUT2D eigenvalue weighted by atomic mass is 19.3. The molecule has 0 fully saturated rings. The molecule has 0 aliphatic rings. The van der Waals surface area contributed by atoms with Gasteiger partial charge in [-0.2, -0.15) is 0 Å². The first kappa shape index (κ1) is 12.4. The minimum Gasteiger partial charge on any atom is -0.377 e.